The summed E-state index contributed by atoms with van der Waals surface area (Å²) in [5, 5.41) is 9.72. The van der Waals surface area contributed by atoms with Gasteiger partial charge in [-0.2, -0.15) is 0 Å². The Morgan fingerprint density at radius 2 is 0.711 bits per heavy atom. The Kier molecular flexibility index (Phi) is 56.7. The lowest BCUT2D eigenvalue weighted by Gasteiger charge is -2.25. The zero-order chi connectivity index (χ0) is 55.5. The highest BCUT2D eigenvalue weighted by atomic mass is 16.7. The van der Waals surface area contributed by atoms with Crippen molar-refractivity contribution < 1.29 is 42.9 Å². The Morgan fingerprint density at radius 1 is 0.395 bits per heavy atom. The first-order valence-electron chi connectivity index (χ1n) is 32.7. The Balaban J connectivity index is 4.07. The molecule has 0 saturated heterocycles. The summed E-state index contributed by atoms with van der Waals surface area (Å²) in [5.41, 5.74) is 0. The summed E-state index contributed by atoms with van der Waals surface area (Å²) < 4.78 is 22.9. The van der Waals surface area contributed by atoms with Gasteiger partial charge in [0.25, 0.3) is 6.29 Å². The molecule has 76 heavy (non-hydrogen) atoms. The Labute approximate surface area is 470 Å². The lowest BCUT2D eigenvalue weighted by Crippen LogP contribution is -2.40. The summed E-state index contributed by atoms with van der Waals surface area (Å²) >= 11 is 0. The number of ether oxygens (including phenoxy) is 4. The highest BCUT2D eigenvalue weighted by molar-refractivity contribution is 5.71. The summed E-state index contributed by atoms with van der Waals surface area (Å²) in [4.78, 5) is 37.5. The molecule has 0 amide bonds. The van der Waals surface area contributed by atoms with Gasteiger partial charge in [0.15, 0.2) is 6.10 Å². The number of carboxylic acids is 1. The summed E-state index contributed by atoms with van der Waals surface area (Å²) in [5.74, 6) is -2.00. The van der Waals surface area contributed by atoms with Gasteiger partial charge in [0.05, 0.1) is 34.4 Å². The van der Waals surface area contributed by atoms with E-state index in [4.69, 9.17) is 18.9 Å². The maximum Gasteiger partial charge on any atom is 0.361 e. The van der Waals surface area contributed by atoms with Crippen LogP contribution in [0.25, 0.3) is 0 Å². The van der Waals surface area contributed by atoms with Crippen LogP contribution in [0.1, 0.15) is 316 Å². The van der Waals surface area contributed by atoms with Crippen molar-refractivity contribution in [2.45, 2.75) is 328 Å². The number of rotatable bonds is 61. The van der Waals surface area contributed by atoms with E-state index < -0.39 is 24.3 Å². The molecule has 0 heterocycles. The van der Waals surface area contributed by atoms with Gasteiger partial charge in [0.2, 0.25) is 0 Å². The molecule has 0 aliphatic heterocycles. The average molecular weight is 1070 g/mol. The van der Waals surface area contributed by atoms with Crippen LogP contribution in [0.2, 0.25) is 0 Å². The first-order chi connectivity index (χ1) is 37.1. The summed E-state index contributed by atoms with van der Waals surface area (Å²) in [6.07, 6.45) is 69.7. The van der Waals surface area contributed by atoms with Crippen molar-refractivity contribution in [1.29, 1.82) is 0 Å². The molecule has 0 aromatic rings. The number of unbranched alkanes of at least 4 members (excludes halogenated alkanes) is 40. The molecule has 446 valence electrons. The highest BCUT2D eigenvalue weighted by Gasteiger charge is 2.25. The smallest absolute Gasteiger partial charge is 0.361 e. The largest absolute Gasteiger partial charge is 0.477 e. The van der Waals surface area contributed by atoms with E-state index >= 15 is 0 Å². The zero-order valence-corrected chi connectivity index (χ0v) is 50.9. The number of carboxylic acid groups (broad SMARTS) is 1. The number of aliphatic carboxylic acids is 1. The molecule has 0 aromatic heterocycles. The van der Waals surface area contributed by atoms with Crippen molar-refractivity contribution in [1.82, 2.24) is 0 Å². The van der Waals surface area contributed by atoms with Crippen LogP contribution in [0.15, 0.2) is 36.5 Å². The number of likely N-dealkylation sites (N-methyl/N-ethyl adjacent to an activating group) is 1. The van der Waals surface area contributed by atoms with Crippen LogP contribution in [0.4, 0.5) is 0 Å². The lowest BCUT2D eigenvalue weighted by atomic mass is 10.0. The minimum absolute atomic E-state index is 0.184. The number of quaternary nitrogens is 1. The molecule has 0 radical (unpaired) electrons. The van der Waals surface area contributed by atoms with Crippen LogP contribution >= 0.6 is 0 Å². The fourth-order valence-corrected chi connectivity index (χ4v) is 9.61. The van der Waals surface area contributed by atoms with Crippen LogP contribution in [0.3, 0.4) is 0 Å². The molecular formula is C67H126NO8+. The third kappa shape index (κ3) is 59.2. The van der Waals surface area contributed by atoms with E-state index in [1.165, 1.54) is 225 Å². The van der Waals surface area contributed by atoms with Crippen LogP contribution in [-0.4, -0.2) is 87.4 Å². The molecule has 9 heteroatoms. The average Bonchev–Trinajstić information content (AvgIpc) is 3.39. The van der Waals surface area contributed by atoms with Crippen molar-refractivity contribution in [3.05, 3.63) is 36.5 Å². The number of carbonyl (C=O) groups excluding carboxylic acids is 2. The summed E-state index contributed by atoms with van der Waals surface area (Å²) in [6.45, 7) is 4.88. The topological polar surface area (TPSA) is 108 Å². The molecule has 0 aliphatic rings. The quantitative estimate of drug-likeness (QED) is 0.0211. The maximum absolute atomic E-state index is 12.9. The molecule has 2 unspecified atom stereocenters. The van der Waals surface area contributed by atoms with E-state index in [-0.39, 0.29) is 32.2 Å². The molecule has 0 rings (SSSR count). The molecule has 0 saturated carbocycles. The van der Waals surface area contributed by atoms with Crippen molar-refractivity contribution in [2.24, 2.45) is 0 Å². The second-order valence-corrected chi connectivity index (χ2v) is 23.4. The van der Waals surface area contributed by atoms with Gasteiger partial charge in [-0.05, 0) is 51.4 Å². The third-order valence-corrected chi connectivity index (χ3v) is 14.6. The van der Waals surface area contributed by atoms with E-state index in [1.807, 2.05) is 21.1 Å². The number of hydrogen-bond acceptors (Lipinski definition) is 7. The predicted molar refractivity (Wildman–Crippen MR) is 323 cm³/mol. The molecule has 0 aliphatic carbocycles. The SMILES string of the molecule is CCCCC/C=C\C/C=C\C/C=C\CCCCCCCCC(=O)OC(COC(=O)CCCCCCCCCCCCCCCCCCCCCCCCCCCCCCCCCC)COC(OCC[N+](C)(C)C)C(=O)O. The fourth-order valence-electron chi connectivity index (χ4n) is 9.61. The van der Waals surface area contributed by atoms with Crippen LogP contribution in [-0.2, 0) is 33.3 Å². The number of hydrogen-bond donors (Lipinski definition) is 1. The van der Waals surface area contributed by atoms with Crippen LogP contribution in [0, 0.1) is 0 Å². The number of esters is 2. The van der Waals surface area contributed by atoms with Crippen LogP contribution < -0.4 is 0 Å². The van der Waals surface area contributed by atoms with Crippen molar-refractivity contribution in [3.8, 4) is 0 Å². The number of allylic oxidation sites excluding steroid dienone is 6. The predicted octanol–water partition coefficient (Wildman–Crippen LogP) is 19.6. The summed E-state index contributed by atoms with van der Waals surface area (Å²) in [6, 6.07) is 0. The second kappa shape index (κ2) is 58.7. The van der Waals surface area contributed by atoms with E-state index in [0.29, 0.717) is 23.9 Å². The molecular weight excluding hydrogens is 947 g/mol. The van der Waals surface area contributed by atoms with Crippen molar-refractivity contribution >= 4 is 17.9 Å². The van der Waals surface area contributed by atoms with Crippen LogP contribution in [0.5, 0.6) is 0 Å². The standard InChI is InChI=1S/C67H125NO8/c1-6-8-10-12-14-16-18-20-22-24-26-27-28-29-30-31-32-33-34-35-36-37-38-40-41-43-45-47-49-51-53-55-57-64(69)74-61-63(62-75-67(66(71)72)73-60-59-68(3,4)5)76-65(70)58-56-54-52-50-48-46-44-42-39-25-23-21-19-17-15-13-11-9-7-2/h15,17,21,23,39,42,63,67H,6-14,16,18-20,22,24-38,40-41,43-62H2,1-5H3/p+1/b17-15-,23-21-,42-39-. The maximum atomic E-state index is 12.9. The van der Waals surface area contributed by atoms with E-state index in [1.54, 1.807) is 0 Å². The second-order valence-electron chi connectivity index (χ2n) is 23.4. The van der Waals surface area contributed by atoms with Gasteiger partial charge in [0, 0.05) is 12.8 Å². The minimum Gasteiger partial charge on any atom is -0.477 e. The third-order valence-electron chi connectivity index (χ3n) is 14.6. The first kappa shape index (κ1) is 73.5. The van der Waals surface area contributed by atoms with Gasteiger partial charge in [-0.15, -0.1) is 0 Å². The molecule has 0 bridgehead atoms. The van der Waals surface area contributed by atoms with Gasteiger partial charge < -0.3 is 28.5 Å². The molecule has 2 atom stereocenters. The van der Waals surface area contributed by atoms with Gasteiger partial charge in [-0.1, -0.05) is 288 Å². The Bertz CT molecular complexity index is 1340. The van der Waals surface area contributed by atoms with Crippen molar-refractivity contribution in [3.63, 3.8) is 0 Å². The Morgan fingerprint density at radius 3 is 1.08 bits per heavy atom. The first-order valence-corrected chi connectivity index (χ1v) is 32.7. The molecule has 0 spiro atoms. The minimum atomic E-state index is -1.51. The lowest BCUT2D eigenvalue weighted by molar-refractivity contribution is -0.870. The number of carbonyl (C=O) groups is 3. The van der Waals surface area contributed by atoms with E-state index in [9.17, 15) is 19.5 Å². The van der Waals surface area contributed by atoms with Gasteiger partial charge >= 0.3 is 17.9 Å². The molecule has 0 aromatic carbocycles. The van der Waals surface area contributed by atoms with Gasteiger partial charge in [0.1, 0.15) is 13.2 Å². The summed E-state index contributed by atoms with van der Waals surface area (Å²) in [7, 11) is 5.97. The normalized spacial score (nSPS) is 12.9. The van der Waals surface area contributed by atoms with Crippen molar-refractivity contribution in [2.75, 3.05) is 47.5 Å². The Hall–Kier alpha value is -2.49. The van der Waals surface area contributed by atoms with Gasteiger partial charge in [-0.25, -0.2) is 4.79 Å². The highest BCUT2D eigenvalue weighted by Crippen LogP contribution is 2.18. The monoisotopic (exact) mass is 1070 g/mol. The zero-order valence-electron chi connectivity index (χ0n) is 50.9. The fraction of sp³-hybridized carbons (Fsp3) is 0.866. The molecule has 9 nitrogen and oxygen atoms in total. The number of nitrogens with zero attached hydrogens (tertiary/aromatic N) is 1. The van der Waals surface area contributed by atoms with E-state index in [0.717, 1.165) is 57.8 Å². The van der Waals surface area contributed by atoms with E-state index in [2.05, 4.69) is 50.3 Å². The van der Waals surface area contributed by atoms with Gasteiger partial charge in [-0.3, -0.25) is 9.59 Å². The molecule has 1 N–H and O–H groups in total. The molecule has 0 fully saturated rings.